The Kier molecular flexibility index (Phi) is 2.20. The molecule has 2 atom stereocenters. The minimum atomic E-state index is 0.750. The topological polar surface area (TPSA) is 15.6 Å². The van der Waals surface area contributed by atoms with Crippen LogP contribution in [-0.2, 0) is 6.54 Å². The molecule has 3 heterocycles. The third-order valence-electron chi connectivity index (χ3n) is 6.03. The number of nitrogens with zero attached hydrogens (tertiary/aromatic N) is 2. The maximum atomic E-state index is 5.13. The predicted molar refractivity (Wildman–Crippen MR) is 81.2 cm³/mol. The molecule has 0 spiro atoms. The van der Waals surface area contributed by atoms with Crippen LogP contribution in [0.25, 0.3) is 0 Å². The molecule has 2 saturated carbocycles. The Bertz CT molecular complexity index is 589. The maximum absolute atomic E-state index is 5.13. The zero-order valence-electron chi connectivity index (χ0n) is 12.2. The van der Waals surface area contributed by atoms with Gasteiger partial charge in [0.25, 0.3) is 0 Å². The van der Waals surface area contributed by atoms with Gasteiger partial charge in [0.05, 0.1) is 5.69 Å². The molecule has 2 saturated heterocycles. The summed E-state index contributed by atoms with van der Waals surface area (Å²) in [6.45, 7) is 3.28. The van der Waals surface area contributed by atoms with Gasteiger partial charge in [0.1, 0.15) is 5.84 Å². The molecule has 20 heavy (non-hydrogen) atoms. The molecule has 5 aliphatic rings. The third kappa shape index (κ3) is 1.54. The van der Waals surface area contributed by atoms with E-state index in [2.05, 4.69) is 30.0 Å². The second-order valence-corrected chi connectivity index (χ2v) is 7.49. The molecule has 0 aromatic heterocycles. The Hall–Kier alpha value is -1.31. The summed E-state index contributed by atoms with van der Waals surface area (Å²) in [5, 5.41) is 0. The second kappa shape index (κ2) is 3.87. The molecule has 2 heteroatoms. The van der Waals surface area contributed by atoms with Crippen LogP contribution in [0.4, 0.5) is 5.69 Å². The van der Waals surface area contributed by atoms with Gasteiger partial charge in [0, 0.05) is 18.5 Å². The van der Waals surface area contributed by atoms with Crippen LogP contribution in [0.15, 0.2) is 23.2 Å². The number of benzene rings is 1. The van der Waals surface area contributed by atoms with E-state index in [0.717, 1.165) is 30.3 Å². The highest BCUT2D eigenvalue weighted by Gasteiger charge is 2.46. The summed E-state index contributed by atoms with van der Waals surface area (Å²) in [5.41, 5.74) is 4.01. The first-order chi connectivity index (χ1) is 9.76. The highest BCUT2D eigenvalue weighted by atomic mass is 15.2. The molecule has 0 amide bonds. The van der Waals surface area contributed by atoms with Crippen molar-refractivity contribution in [1.29, 1.82) is 0 Å². The van der Waals surface area contributed by atoms with Crippen molar-refractivity contribution in [3.05, 3.63) is 29.3 Å². The SMILES string of the molecule is Cc1ccc2c(c1)N=C1C3CC4CC(C3)CC(C4)N1C2. The summed E-state index contributed by atoms with van der Waals surface area (Å²) >= 11 is 0. The zero-order valence-corrected chi connectivity index (χ0v) is 12.2. The van der Waals surface area contributed by atoms with Gasteiger partial charge in [-0.2, -0.15) is 0 Å². The third-order valence-corrected chi connectivity index (χ3v) is 6.03. The monoisotopic (exact) mass is 266 g/mol. The molecular formula is C18H22N2. The van der Waals surface area contributed by atoms with Gasteiger partial charge in [-0.15, -0.1) is 0 Å². The molecule has 1 aromatic carbocycles. The zero-order chi connectivity index (χ0) is 13.3. The van der Waals surface area contributed by atoms with Gasteiger partial charge >= 0.3 is 0 Å². The van der Waals surface area contributed by atoms with Crippen LogP contribution in [0.1, 0.15) is 43.2 Å². The lowest BCUT2D eigenvalue weighted by Gasteiger charge is -2.39. The fourth-order valence-corrected chi connectivity index (χ4v) is 5.29. The average Bonchev–Trinajstić information content (AvgIpc) is 2.59. The van der Waals surface area contributed by atoms with Gasteiger partial charge in [0.15, 0.2) is 0 Å². The lowest BCUT2D eigenvalue weighted by Crippen LogP contribution is -2.41. The number of amidine groups is 1. The fraction of sp³-hybridized carbons (Fsp3) is 0.611. The summed E-state index contributed by atoms with van der Waals surface area (Å²) in [4.78, 5) is 7.81. The Morgan fingerprint density at radius 3 is 2.65 bits per heavy atom. The van der Waals surface area contributed by atoms with Crippen molar-refractivity contribution in [1.82, 2.24) is 4.90 Å². The fourth-order valence-electron chi connectivity index (χ4n) is 5.29. The molecule has 104 valence electrons. The first-order valence-corrected chi connectivity index (χ1v) is 8.21. The molecule has 2 unspecified atom stereocenters. The van der Waals surface area contributed by atoms with Gasteiger partial charge in [-0.25, -0.2) is 4.99 Å². The first-order valence-electron chi connectivity index (χ1n) is 8.21. The Morgan fingerprint density at radius 2 is 1.85 bits per heavy atom. The number of hydrogen-bond donors (Lipinski definition) is 0. The molecule has 0 N–H and O–H groups in total. The molecule has 3 aliphatic heterocycles. The lowest BCUT2D eigenvalue weighted by molar-refractivity contribution is 0.128. The van der Waals surface area contributed by atoms with Crippen molar-refractivity contribution in [3.8, 4) is 0 Å². The molecule has 4 bridgehead atoms. The normalized spacial score (nSPS) is 37.2. The predicted octanol–water partition coefficient (Wildman–Crippen LogP) is 4.05. The summed E-state index contributed by atoms with van der Waals surface area (Å²) in [5.74, 6) is 4.16. The van der Waals surface area contributed by atoms with Crippen molar-refractivity contribution in [2.24, 2.45) is 22.7 Å². The molecular weight excluding hydrogens is 244 g/mol. The minimum absolute atomic E-state index is 0.750. The van der Waals surface area contributed by atoms with Crippen molar-refractivity contribution in [2.45, 2.75) is 51.6 Å². The molecule has 1 aromatic rings. The van der Waals surface area contributed by atoms with Crippen LogP contribution in [-0.4, -0.2) is 16.8 Å². The number of rotatable bonds is 0. The highest BCUT2D eigenvalue weighted by molar-refractivity contribution is 5.90. The molecule has 2 aliphatic carbocycles. The molecule has 0 radical (unpaired) electrons. The molecule has 6 rings (SSSR count). The van der Waals surface area contributed by atoms with E-state index in [4.69, 9.17) is 4.99 Å². The smallest absolute Gasteiger partial charge is 0.108 e. The Balaban J connectivity index is 1.64. The maximum Gasteiger partial charge on any atom is 0.108 e. The minimum Gasteiger partial charge on any atom is -0.352 e. The number of aliphatic imine (C=N–C) groups is 1. The van der Waals surface area contributed by atoms with Crippen LogP contribution in [0.5, 0.6) is 0 Å². The van der Waals surface area contributed by atoms with E-state index in [1.807, 2.05) is 0 Å². The number of hydrogen-bond acceptors (Lipinski definition) is 2. The summed E-state index contributed by atoms with van der Waals surface area (Å²) in [7, 11) is 0. The van der Waals surface area contributed by atoms with E-state index in [1.54, 1.807) is 0 Å². The quantitative estimate of drug-likeness (QED) is 0.691. The van der Waals surface area contributed by atoms with Crippen molar-refractivity contribution >= 4 is 11.5 Å². The van der Waals surface area contributed by atoms with E-state index in [-0.39, 0.29) is 0 Å². The standard InChI is InChI=1S/C18H22N2/c1-11-2-3-14-10-20-16-8-12-5-13(9-16)7-15(6-12)18(20)19-17(14)4-11/h2-4,12-13,15-16H,5-10H2,1H3. The van der Waals surface area contributed by atoms with E-state index in [0.29, 0.717) is 0 Å². The van der Waals surface area contributed by atoms with Crippen LogP contribution >= 0.6 is 0 Å². The van der Waals surface area contributed by atoms with Crippen LogP contribution < -0.4 is 0 Å². The largest absolute Gasteiger partial charge is 0.352 e. The van der Waals surface area contributed by atoms with Crippen LogP contribution in [0, 0.1) is 24.7 Å². The number of aryl methyl sites for hydroxylation is 1. The van der Waals surface area contributed by atoms with Crippen LogP contribution in [0.2, 0.25) is 0 Å². The van der Waals surface area contributed by atoms with E-state index >= 15 is 0 Å². The van der Waals surface area contributed by atoms with Gasteiger partial charge < -0.3 is 4.90 Å². The van der Waals surface area contributed by atoms with Crippen molar-refractivity contribution < 1.29 is 0 Å². The lowest BCUT2D eigenvalue weighted by atomic mass is 9.68. The summed E-state index contributed by atoms with van der Waals surface area (Å²) in [6, 6.07) is 7.58. The molecule has 4 fully saturated rings. The van der Waals surface area contributed by atoms with E-state index in [1.165, 1.54) is 54.8 Å². The van der Waals surface area contributed by atoms with Crippen molar-refractivity contribution in [2.75, 3.05) is 0 Å². The highest BCUT2D eigenvalue weighted by Crippen LogP contribution is 2.50. The van der Waals surface area contributed by atoms with Gasteiger partial charge in [-0.3, -0.25) is 0 Å². The summed E-state index contributed by atoms with van der Waals surface area (Å²) in [6.07, 6.45) is 7.16. The van der Waals surface area contributed by atoms with Crippen molar-refractivity contribution in [3.63, 3.8) is 0 Å². The first kappa shape index (κ1) is 11.4. The van der Waals surface area contributed by atoms with Gasteiger partial charge in [-0.1, -0.05) is 12.1 Å². The number of fused-ring (bicyclic) bond motifs is 1. The van der Waals surface area contributed by atoms with E-state index in [9.17, 15) is 0 Å². The van der Waals surface area contributed by atoms with Gasteiger partial charge in [0.2, 0.25) is 0 Å². The molecule has 2 nitrogen and oxygen atoms in total. The summed E-state index contributed by atoms with van der Waals surface area (Å²) < 4.78 is 0. The van der Waals surface area contributed by atoms with E-state index < -0.39 is 0 Å². The van der Waals surface area contributed by atoms with Gasteiger partial charge in [-0.05, 0) is 68.1 Å². The Morgan fingerprint density at radius 1 is 1.05 bits per heavy atom. The average molecular weight is 266 g/mol. The van der Waals surface area contributed by atoms with Crippen LogP contribution in [0.3, 0.4) is 0 Å². The Labute approximate surface area is 120 Å². The second-order valence-electron chi connectivity index (χ2n) is 7.49.